The third kappa shape index (κ3) is 28.8. The number of rotatable bonds is 36. The van der Waals surface area contributed by atoms with Crippen LogP contribution in [0, 0.1) is 0 Å². The van der Waals surface area contributed by atoms with Gasteiger partial charge in [0.2, 0.25) is 0 Å². The zero-order valence-corrected chi connectivity index (χ0v) is 38.1. The van der Waals surface area contributed by atoms with E-state index in [1.807, 2.05) is 31.2 Å². The normalized spacial score (nSPS) is 23.0. The van der Waals surface area contributed by atoms with E-state index in [4.69, 9.17) is 18.5 Å². The molecule has 9 atom stereocenters. The van der Waals surface area contributed by atoms with Crippen molar-refractivity contribution in [2.24, 2.45) is 0 Å². The molecular formula is C47H79O14P. The SMILES string of the molecule is CC/C=C/CC(O)/C=C/C=C/CCCCCCCC(=O)OC[C@H](COP(=O)(O)OC1[C@H](O)[C@H](O)C(O)[C@H](O)[C@H]1O)OC(=O)CCCCCC/C=C\C/C=C\C/C=C\CCCCC. The van der Waals surface area contributed by atoms with Gasteiger partial charge in [-0.25, -0.2) is 4.57 Å². The monoisotopic (exact) mass is 899 g/mol. The van der Waals surface area contributed by atoms with E-state index in [-0.39, 0.29) is 12.8 Å². The van der Waals surface area contributed by atoms with Crippen LogP contribution in [0.1, 0.15) is 149 Å². The van der Waals surface area contributed by atoms with E-state index in [1.54, 1.807) is 6.08 Å². The average molecular weight is 899 g/mol. The minimum Gasteiger partial charge on any atom is -0.462 e. The van der Waals surface area contributed by atoms with Crippen molar-refractivity contribution in [1.29, 1.82) is 0 Å². The Morgan fingerprint density at radius 2 is 1.11 bits per heavy atom. The lowest BCUT2D eigenvalue weighted by atomic mass is 9.85. The fourth-order valence-electron chi connectivity index (χ4n) is 6.39. The molecule has 0 heterocycles. The Morgan fingerprint density at radius 3 is 1.71 bits per heavy atom. The summed E-state index contributed by atoms with van der Waals surface area (Å²) < 4.78 is 33.4. The predicted octanol–water partition coefficient (Wildman–Crippen LogP) is 7.69. The first-order chi connectivity index (χ1) is 29.8. The highest BCUT2D eigenvalue weighted by molar-refractivity contribution is 7.47. The van der Waals surface area contributed by atoms with Crippen LogP contribution in [0.15, 0.2) is 72.9 Å². The Labute approximate surface area is 370 Å². The Balaban J connectivity index is 2.52. The van der Waals surface area contributed by atoms with E-state index in [1.165, 1.54) is 19.3 Å². The number of hydrogen-bond acceptors (Lipinski definition) is 13. The zero-order valence-electron chi connectivity index (χ0n) is 37.2. The second-order valence-corrected chi connectivity index (χ2v) is 17.1. The standard InChI is InChI=1S/C47H79O14P/c1-3-5-7-8-9-10-11-12-13-14-15-16-17-20-24-27-31-35-41(50)60-39(37-59-62(56,57)61-47-45(54)43(52)42(51)44(53)46(47)55)36-58-40(49)34-30-26-23-21-18-19-22-25-29-33-38(48)32-28-6-4-2/h6,9-10,12-13,15-16,22,25,28-29,33,38-39,42-48,51-55H,3-5,7-8,11,14,17-21,23-24,26-27,30-32,34-37H2,1-2H3,(H,56,57)/b10-9-,13-12-,16-15-,25-22+,28-6+,33-29+/t38?,39-,42?,43-,44+,45-,46-,47?/m1/s1. The number of esters is 2. The predicted molar refractivity (Wildman–Crippen MR) is 241 cm³/mol. The number of aliphatic hydroxyl groups is 6. The van der Waals surface area contributed by atoms with E-state index in [9.17, 15) is 49.7 Å². The average Bonchev–Trinajstić information content (AvgIpc) is 3.25. The maximum atomic E-state index is 12.8. The van der Waals surface area contributed by atoms with Crippen LogP contribution in [-0.2, 0) is 32.7 Å². The topological polar surface area (TPSA) is 230 Å². The lowest BCUT2D eigenvalue weighted by molar-refractivity contribution is -0.220. The Morgan fingerprint density at radius 1 is 0.597 bits per heavy atom. The van der Waals surface area contributed by atoms with Crippen LogP contribution in [0.2, 0.25) is 0 Å². The van der Waals surface area contributed by atoms with Gasteiger partial charge in [-0.15, -0.1) is 0 Å². The van der Waals surface area contributed by atoms with E-state index in [0.717, 1.165) is 83.5 Å². The molecule has 14 nitrogen and oxygen atoms in total. The second-order valence-electron chi connectivity index (χ2n) is 15.7. The molecule has 0 amide bonds. The van der Waals surface area contributed by atoms with Gasteiger partial charge in [-0.1, -0.05) is 132 Å². The number of allylic oxidation sites excluding steroid dienone is 10. The van der Waals surface area contributed by atoms with Gasteiger partial charge in [-0.2, -0.15) is 0 Å². The molecular weight excluding hydrogens is 819 g/mol. The molecule has 62 heavy (non-hydrogen) atoms. The van der Waals surface area contributed by atoms with E-state index < -0.39 is 81.8 Å². The Bertz CT molecular complexity index is 1380. The maximum absolute atomic E-state index is 12.8. The molecule has 7 N–H and O–H groups in total. The lowest BCUT2D eigenvalue weighted by Crippen LogP contribution is -2.64. The minimum absolute atomic E-state index is 0.0521. The molecule has 0 spiro atoms. The number of aliphatic hydroxyl groups excluding tert-OH is 6. The number of phosphoric acid groups is 1. The van der Waals surface area contributed by atoms with Crippen molar-refractivity contribution in [2.45, 2.75) is 198 Å². The molecule has 0 radical (unpaired) electrons. The number of unbranched alkanes of at least 4 members (excludes halogenated alkanes) is 12. The summed E-state index contributed by atoms with van der Waals surface area (Å²) in [5.41, 5.74) is 0. The molecule has 0 aromatic heterocycles. The van der Waals surface area contributed by atoms with Crippen LogP contribution >= 0.6 is 7.82 Å². The van der Waals surface area contributed by atoms with Crippen LogP contribution in [0.25, 0.3) is 0 Å². The molecule has 1 fully saturated rings. The molecule has 1 aliphatic carbocycles. The van der Waals surface area contributed by atoms with Crippen molar-refractivity contribution in [3.05, 3.63) is 72.9 Å². The van der Waals surface area contributed by atoms with Crippen molar-refractivity contribution in [3.8, 4) is 0 Å². The lowest BCUT2D eigenvalue weighted by Gasteiger charge is -2.41. The fourth-order valence-corrected chi connectivity index (χ4v) is 7.36. The third-order valence-electron chi connectivity index (χ3n) is 10.1. The van der Waals surface area contributed by atoms with Crippen LogP contribution in [0.4, 0.5) is 0 Å². The van der Waals surface area contributed by atoms with Gasteiger partial charge in [0.1, 0.15) is 43.2 Å². The Kier molecular flexibility index (Phi) is 33.8. The summed E-state index contributed by atoms with van der Waals surface area (Å²) in [5, 5.41) is 60.0. The highest BCUT2D eigenvalue weighted by Crippen LogP contribution is 2.47. The van der Waals surface area contributed by atoms with Crippen LogP contribution in [0.5, 0.6) is 0 Å². The molecule has 15 heteroatoms. The Hall–Kier alpha value is -2.75. The molecule has 0 saturated heterocycles. The van der Waals surface area contributed by atoms with E-state index in [2.05, 4.69) is 49.5 Å². The molecule has 0 bridgehead atoms. The number of phosphoric ester groups is 1. The highest BCUT2D eigenvalue weighted by Gasteiger charge is 2.51. The summed E-state index contributed by atoms with van der Waals surface area (Å²) in [4.78, 5) is 35.7. The second kappa shape index (κ2) is 36.6. The first-order valence-corrected chi connectivity index (χ1v) is 24.3. The zero-order chi connectivity index (χ0) is 45.9. The number of ether oxygens (including phenoxy) is 2. The van der Waals surface area contributed by atoms with Crippen LogP contribution in [-0.4, -0.2) is 110 Å². The van der Waals surface area contributed by atoms with Gasteiger partial charge in [0.15, 0.2) is 6.10 Å². The number of carbonyl (C=O) groups excluding carboxylic acids is 2. The summed E-state index contributed by atoms with van der Waals surface area (Å²) in [7, 11) is -5.14. The number of hydrogen-bond donors (Lipinski definition) is 7. The number of carbonyl (C=O) groups is 2. The van der Waals surface area contributed by atoms with E-state index >= 15 is 0 Å². The van der Waals surface area contributed by atoms with Gasteiger partial charge in [-0.05, 0) is 77.0 Å². The first-order valence-electron chi connectivity index (χ1n) is 22.8. The third-order valence-corrected chi connectivity index (χ3v) is 11.1. The molecule has 0 aromatic rings. The quantitative estimate of drug-likeness (QED) is 0.0105. The van der Waals surface area contributed by atoms with E-state index in [0.29, 0.717) is 19.3 Å². The van der Waals surface area contributed by atoms with Crippen molar-refractivity contribution in [1.82, 2.24) is 0 Å². The highest BCUT2D eigenvalue weighted by atomic mass is 31.2. The molecule has 1 aliphatic rings. The van der Waals surface area contributed by atoms with Gasteiger partial charge in [0, 0.05) is 12.8 Å². The maximum Gasteiger partial charge on any atom is 0.472 e. The molecule has 4 unspecified atom stereocenters. The first kappa shape index (κ1) is 57.3. The van der Waals surface area contributed by atoms with Gasteiger partial charge in [-0.3, -0.25) is 18.6 Å². The molecule has 0 aromatic carbocycles. The largest absolute Gasteiger partial charge is 0.472 e. The van der Waals surface area contributed by atoms with Gasteiger partial charge in [0.05, 0.1) is 12.7 Å². The molecule has 0 aliphatic heterocycles. The van der Waals surface area contributed by atoms with Crippen molar-refractivity contribution >= 4 is 19.8 Å². The van der Waals surface area contributed by atoms with Crippen molar-refractivity contribution in [3.63, 3.8) is 0 Å². The summed E-state index contributed by atoms with van der Waals surface area (Å²) in [6, 6.07) is 0. The van der Waals surface area contributed by atoms with Crippen LogP contribution < -0.4 is 0 Å². The minimum atomic E-state index is -5.14. The molecule has 356 valence electrons. The summed E-state index contributed by atoms with van der Waals surface area (Å²) in [6.07, 6.45) is 28.5. The van der Waals surface area contributed by atoms with Crippen LogP contribution in [0.3, 0.4) is 0 Å². The van der Waals surface area contributed by atoms with Crippen molar-refractivity contribution < 1.29 is 68.2 Å². The molecule has 1 rings (SSSR count). The van der Waals surface area contributed by atoms with Gasteiger partial charge >= 0.3 is 19.8 Å². The fraction of sp³-hybridized carbons (Fsp3) is 0.702. The summed E-state index contributed by atoms with van der Waals surface area (Å²) >= 11 is 0. The molecule has 1 saturated carbocycles. The summed E-state index contributed by atoms with van der Waals surface area (Å²) in [5.74, 6) is -1.19. The summed E-state index contributed by atoms with van der Waals surface area (Å²) in [6.45, 7) is 3.01. The smallest absolute Gasteiger partial charge is 0.462 e. The van der Waals surface area contributed by atoms with Gasteiger partial charge < -0.3 is 45.0 Å². The van der Waals surface area contributed by atoms with Crippen molar-refractivity contribution in [2.75, 3.05) is 13.2 Å². The van der Waals surface area contributed by atoms with Gasteiger partial charge in [0.25, 0.3) is 0 Å².